The standard InChI is InChI=1S/C15H14F3N3O2/c16-8-4-10-7(3-9(8)19)11-12(14(22)20-10)23-5-15(17,18)13(21-11)6-1-2-6/h3-4,6,13,21H,1-2,5,19H2,(H,20,22)/t13-/m0/s1. The molecule has 4 rings (SSSR count). The van der Waals surface area contributed by atoms with Crippen LogP contribution in [0.2, 0.25) is 0 Å². The Balaban J connectivity index is 1.95. The minimum absolute atomic E-state index is 0.132. The van der Waals surface area contributed by atoms with Gasteiger partial charge in [0.2, 0.25) is 5.75 Å². The fraction of sp³-hybridized carbons (Fsp3) is 0.400. The molecule has 2 aliphatic rings. The summed E-state index contributed by atoms with van der Waals surface area (Å²) in [5, 5.41) is 3.12. The van der Waals surface area contributed by atoms with Crippen LogP contribution in [0.3, 0.4) is 0 Å². The van der Waals surface area contributed by atoms with Gasteiger partial charge in [0.05, 0.1) is 22.9 Å². The Morgan fingerprint density at radius 2 is 2.04 bits per heavy atom. The highest BCUT2D eigenvalue weighted by Gasteiger charge is 2.51. The van der Waals surface area contributed by atoms with Crippen LogP contribution in [0.25, 0.3) is 10.9 Å². The van der Waals surface area contributed by atoms with E-state index in [4.69, 9.17) is 10.5 Å². The number of benzene rings is 1. The molecule has 122 valence electrons. The van der Waals surface area contributed by atoms with E-state index in [1.807, 2.05) is 0 Å². The van der Waals surface area contributed by atoms with Crippen molar-refractivity contribution in [1.29, 1.82) is 0 Å². The zero-order valence-electron chi connectivity index (χ0n) is 12.0. The van der Waals surface area contributed by atoms with E-state index in [0.29, 0.717) is 18.2 Å². The van der Waals surface area contributed by atoms with Crippen molar-refractivity contribution in [2.24, 2.45) is 5.92 Å². The molecule has 0 bridgehead atoms. The SMILES string of the molecule is Nc1cc2c3c(c(=O)[nH]c2cc1F)OCC(F)(F)[C@H](C1CC1)N3. The number of alkyl halides is 2. The van der Waals surface area contributed by atoms with Gasteiger partial charge >= 0.3 is 5.92 Å². The van der Waals surface area contributed by atoms with E-state index in [-0.39, 0.29) is 28.6 Å². The maximum atomic E-state index is 14.3. The fourth-order valence-corrected chi connectivity index (χ4v) is 3.01. The zero-order chi connectivity index (χ0) is 16.4. The van der Waals surface area contributed by atoms with Crippen LogP contribution in [-0.4, -0.2) is 23.6 Å². The summed E-state index contributed by atoms with van der Waals surface area (Å²) in [6, 6.07) is 1.26. The van der Waals surface area contributed by atoms with E-state index in [1.54, 1.807) is 0 Å². The third-order valence-electron chi connectivity index (χ3n) is 4.34. The molecule has 0 radical (unpaired) electrons. The number of hydrogen-bond donors (Lipinski definition) is 3. The first-order valence-electron chi connectivity index (χ1n) is 7.29. The number of nitrogens with two attached hydrogens (primary N) is 1. The van der Waals surface area contributed by atoms with Crippen LogP contribution in [0.1, 0.15) is 12.8 Å². The lowest BCUT2D eigenvalue weighted by atomic mass is 10.0. The average Bonchev–Trinajstić information content (AvgIpc) is 3.29. The molecule has 0 saturated heterocycles. The molecule has 1 saturated carbocycles. The molecule has 23 heavy (non-hydrogen) atoms. The minimum Gasteiger partial charge on any atom is -0.480 e. The molecular weight excluding hydrogens is 311 g/mol. The number of nitrogen functional groups attached to an aromatic ring is 1. The summed E-state index contributed by atoms with van der Waals surface area (Å²) in [5.41, 5.74) is 5.08. The Hall–Kier alpha value is -2.38. The van der Waals surface area contributed by atoms with Crippen LogP contribution in [0.4, 0.5) is 24.5 Å². The maximum Gasteiger partial charge on any atom is 0.301 e. The first-order valence-corrected chi connectivity index (χ1v) is 7.29. The number of rotatable bonds is 1. The minimum atomic E-state index is -3.11. The predicted molar refractivity (Wildman–Crippen MR) is 79.5 cm³/mol. The first-order chi connectivity index (χ1) is 10.9. The maximum absolute atomic E-state index is 14.3. The normalized spacial score (nSPS) is 22.8. The Labute approximate surface area is 128 Å². The zero-order valence-corrected chi connectivity index (χ0v) is 12.0. The Bertz CT molecular complexity index is 861. The number of fused-ring (bicyclic) bond motifs is 3. The first kappa shape index (κ1) is 14.2. The second-order valence-corrected chi connectivity index (χ2v) is 6.09. The number of hydrogen-bond acceptors (Lipinski definition) is 4. The molecule has 1 fully saturated rings. The van der Waals surface area contributed by atoms with Gasteiger partial charge in [-0.15, -0.1) is 0 Å². The van der Waals surface area contributed by atoms with E-state index in [1.165, 1.54) is 6.07 Å². The molecule has 1 aromatic heterocycles. The molecule has 0 unspecified atom stereocenters. The largest absolute Gasteiger partial charge is 0.480 e. The molecule has 0 amide bonds. The lowest BCUT2D eigenvalue weighted by molar-refractivity contribution is -0.0578. The van der Waals surface area contributed by atoms with Gasteiger partial charge in [0, 0.05) is 11.5 Å². The van der Waals surface area contributed by atoms with Crippen LogP contribution >= 0.6 is 0 Å². The van der Waals surface area contributed by atoms with E-state index in [9.17, 15) is 18.0 Å². The number of aromatic amines is 1. The summed E-state index contributed by atoms with van der Waals surface area (Å²) in [4.78, 5) is 14.6. The number of aromatic nitrogens is 1. The average molecular weight is 325 g/mol. The van der Waals surface area contributed by atoms with E-state index in [2.05, 4.69) is 10.3 Å². The molecule has 1 aliphatic carbocycles. The van der Waals surface area contributed by atoms with Gasteiger partial charge in [0.1, 0.15) is 5.82 Å². The van der Waals surface area contributed by atoms with E-state index in [0.717, 1.165) is 6.07 Å². The number of halogens is 3. The molecule has 8 heteroatoms. The van der Waals surface area contributed by atoms with Gasteiger partial charge < -0.3 is 20.8 Å². The summed E-state index contributed by atoms with van der Waals surface area (Å²) in [6.45, 7) is -0.876. The number of ether oxygens (including phenoxy) is 1. The van der Waals surface area contributed by atoms with Crippen molar-refractivity contribution in [2.45, 2.75) is 24.8 Å². The highest BCUT2D eigenvalue weighted by atomic mass is 19.3. The predicted octanol–water partition coefficient (Wildman–Crippen LogP) is 2.47. The van der Waals surface area contributed by atoms with Crippen LogP contribution < -0.4 is 21.3 Å². The second-order valence-electron chi connectivity index (χ2n) is 6.09. The number of anilines is 2. The van der Waals surface area contributed by atoms with Crippen molar-refractivity contribution in [3.63, 3.8) is 0 Å². The van der Waals surface area contributed by atoms with Crippen LogP contribution in [0.15, 0.2) is 16.9 Å². The summed E-state index contributed by atoms with van der Waals surface area (Å²) in [6.07, 6.45) is 1.39. The van der Waals surface area contributed by atoms with E-state index >= 15 is 0 Å². The highest BCUT2D eigenvalue weighted by molar-refractivity contribution is 5.96. The van der Waals surface area contributed by atoms with Gasteiger partial charge in [-0.3, -0.25) is 4.79 Å². The lowest BCUT2D eigenvalue weighted by Crippen LogP contribution is -2.44. The van der Waals surface area contributed by atoms with Gasteiger partial charge in [-0.2, -0.15) is 0 Å². The molecule has 1 aromatic carbocycles. The lowest BCUT2D eigenvalue weighted by Gasteiger charge is -2.25. The van der Waals surface area contributed by atoms with Crippen LogP contribution in [-0.2, 0) is 0 Å². The van der Waals surface area contributed by atoms with Crippen molar-refractivity contribution in [1.82, 2.24) is 4.98 Å². The summed E-state index contributed by atoms with van der Waals surface area (Å²) in [5.74, 6) is -4.19. The van der Waals surface area contributed by atoms with Crippen molar-refractivity contribution in [3.8, 4) is 5.75 Å². The van der Waals surface area contributed by atoms with Gasteiger partial charge in [0.25, 0.3) is 5.56 Å². The Kier molecular flexibility index (Phi) is 2.82. The molecule has 2 aromatic rings. The van der Waals surface area contributed by atoms with Crippen molar-refractivity contribution < 1.29 is 17.9 Å². The third-order valence-corrected chi connectivity index (χ3v) is 4.34. The van der Waals surface area contributed by atoms with Crippen molar-refractivity contribution in [3.05, 3.63) is 28.3 Å². The van der Waals surface area contributed by atoms with Crippen molar-refractivity contribution in [2.75, 3.05) is 17.7 Å². The number of pyridine rings is 1. The summed E-state index contributed by atoms with van der Waals surface area (Å²) >= 11 is 0. The molecular formula is C15H14F3N3O2. The molecule has 1 aliphatic heterocycles. The van der Waals surface area contributed by atoms with E-state index < -0.39 is 29.9 Å². The number of nitrogens with one attached hydrogen (secondary N) is 2. The van der Waals surface area contributed by atoms with Gasteiger partial charge in [-0.1, -0.05) is 0 Å². The third kappa shape index (κ3) is 2.20. The quantitative estimate of drug-likeness (QED) is 0.704. The highest BCUT2D eigenvalue weighted by Crippen LogP contribution is 2.45. The summed E-state index contributed by atoms with van der Waals surface area (Å²) in [7, 11) is 0. The number of H-pyrrole nitrogens is 1. The summed E-state index contributed by atoms with van der Waals surface area (Å²) < 4.78 is 47.3. The van der Waals surface area contributed by atoms with Gasteiger partial charge in [0.15, 0.2) is 6.61 Å². The van der Waals surface area contributed by atoms with Gasteiger partial charge in [-0.05, 0) is 24.8 Å². The van der Waals surface area contributed by atoms with Crippen LogP contribution in [0, 0.1) is 11.7 Å². The second kappa shape index (κ2) is 4.56. The molecule has 1 atom stereocenters. The van der Waals surface area contributed by atoms with Gasteiger partial charge in [-0.25, -0.2) is 13.2 Å². The Morgan fingerprint density at radius 3 is 2.74 bits per heavy atom. The molecule has 2 heterocycles. The molecule has 0 spiro atoms. The van der Waals surface area contributed by atoms with Crippen molar-refractivity contribution >= 4 is 22.3 Å². The topological polar surface area (TPSA) is 80.1 Å². The van der Waals surface area contributed by atoms with Crippen LogP contribution in [0.5, 0.6) is 5.75 Å². The molecule has 4 N–H and O–H groups in total. The smallest absolute Gasteiger partial charge is 0.301 e. The fourth-order valence-electron chi connectivity index (χ4n) is 3.01. The Morgan fingerprint density at radius 1 is 1.30 bits per heavy atom. The molecule has 5 nitrogen and oxygen atoms in total. The monoisotopic (exact) mass is 325 g/mol.